The summed E-state index contributed by atoms with van der Waals surface area (Å²) >= 11 is 0. The highest BCUT2D eigenvalue weighted by molar-refractivity contribution is 5.28. The quantitative estimate of drug-likeness (QED) is 0.719. The van der Waals surface area contributed by atoms with Crippen molar-refractivity contribution in [1.29, 1.82) is 0 Å². The Morgan fingerprint density at radius 3 is 2.67 bits per heavy atom. The van der Waals surface area contributed by atoms with Gasteiger partial charge in [0, 0.05) is 0 Å². The van der Waals surface area contributed by atoms with Crippen LogP contribution in [0.3, 0.4) is 0 Å². The van der Waals surface area contributed by atoms with Gasteiger partial charge in [-0.2, -0.15) is 0 Å². The van der Waals surface area contributed by atoms with Crippen molar-refractivity contribution in [2.75, 3.05) is 0 Å². The zero-order chi connectivity index (χ0) is 9.14. The SMILES string of the molecule is CC[C@H](O)c1ccc(F)cc1C. The van der Waals surface area contributed by atoms with Crippen LogP contribution in [0.1, 0.15) is 30.6 Å². The third-order valence-corrected chi connectivity index (χ3v) is 1.98. The number of hydrogen-bond acceptors (Lipinski definition) is 1. The van der Waals surface area contributed by atoms with Crippen LogP contribution in [-0.2, 0) is 0 Å². The average Bonchev–Trinajstić information content (AvgIpc) is 2.03. The minimum absolute atomic E-state index is 0.250. The van der Waals surface area contributed by atoms with Crippen LogP contribution in [0.15, 0.2) is 18.2 Å². The van der Waals surface area contributed by atoms with Crippen molar-refractivity contribution < 1.29 is 9.50 Å². The Morgan fingerprint density at radius 2 is 2.17 bits per heavy atom. The minimum Gasteiger partial charge on any atom is -0.388 e. The molecule has 0 aliphatic rings. The van der Waals surface area contributed by atoms with Gasteiger partial charge in [-0.15, -0.1) is 0 Å². The molecule has 0 aromatic heterocycles. The highest BCUT2D eigenvalue weighted by atomic mass is 19.1. The Hall–Kier alpha value is -0.890. The first-order chi connectivity index (χ1) is 5.65. The van der Waals surface area contributed by atoms with Gasteiger partial charge < -0.3 is 5.11 Å². The lowest BCUT2D eigenvalue weighted by molar-refractivity contribution is 0.173. The third-order valence-electron chi connectivity index (χ3n) is 1.98. The molecule has 0 unspecified atom stereocenters. The third kappa shape index (κ3) is 1.83. The summed E-state index contributed by atoms with van der Waals surface area (Å²) in [5, 5.41) is 9.48. The summed E-state index contributed by atoms with van der Waals surface area (Å²) in [6.45, 7) is 3.70. The predicted octanol–water partition coefficient (Wildman–Crippen LogP) is 2.58. The summed E-state index contributed by atoms with van der Waals surface area (Å²) in [7, 11) is 0. The molecule has 0 spiro atoms. The van der Waals surface area contributed by atoms with Crippen LogP contribution in [0.5, 0.6) is 0 Å². The molecule has 1 aromatic carbocycles. The van der Waals surface area contributed by atoms with Crippen molar-refractivity contribution in [2.45, 2.75) is 26.4 Å². The molecule has 0 radical (unpaired) electrons. The lowest BCUT2D eigenvalue weighted by Crippen LogP contribution is -1.98. The molecule has 1 rings (SSSR count). The van der Waals surface area contributed by atoms with Gasteiger partial charge in [0.05, 0.1) is 6.10 Å². The molecule has 1 atom stereocenters. The van der Waals surface area contributed by atoms with Crippen LogP contribution < -0.4 is 0 Å². The van der Waals surface area contributed by atoms with Gasteiger partial charge in [0.2, 0.25) is 0 Å². The van der Waals surface area contributed by atoms with Crippen LogP contribution in [0.25, 0.3) is 0 Å². The summed E-state index contributed by atoms with van der Waals surface area (Å²) in [6, 6.07) is 4.45. The Balaban J connectivity index is 3.01. The minimum atomic E-state index is -0.467. The van der Waals surface area contributed by atoms with Crippen molar-refractivity contribution in [1.82, 2.24) is 0 Å². The topological polar surface area (TPSA) is 20.2 Å². The van der Waals surface area contributed by atoms with Gasteiger partial charge in [0.1, 0.15) is 5.82 Å². The fraction of sp³-hybridized carbons (Fsp3) is 0.400. The monoisotopic (exact) mass is 168 g/mol. The normalized spacial score (nSPS) is 13.0. The van der Waals surface area contributed by atoms with Gasteiger partial charge in [-0.25, -0.2) is 4.39 Å². The Labute approximate surface area is 71.9 Å². The number of benzene rings is 1. The van der Waals surface area contributed by atoms with E-state index < -0.39 is 6.10 Å². The molecule has 2 heteroatoms. The van der Waals surface area contributed by atoms with Crippen molar-refractivity contribution in [3.05, 3.63) is 35.1 Å². The van der Waals surface area contributed by atoms with Gasteiger partial charge in [0.25, 0.3) is 0 Å². The summed E-state index contributed by atoms with van der Waals surface area (Å²) < 4.78 is 12.6. The number of halogens is 1. The van der Waals surface area contributed by atoms with Crippen LogP contribution in [0.4, 0.5) is 4.39 Å². The highest BCUT2D eigenvalue weighted by Gasteiger charge is 2.07. The molecule has 0 bridgehead atoms. The van der Waals surface area contributed by atoms with Crippen molar-refractivity contribution in [2.24, 2.45) is 0 Å². The van der Waals surface area contributed by atoms with E-state index in [9.17, 15) is 9.50 Å². The maximum absolute atomic E-state index is 12.6. The molecule has 0 heterocycles. The number of aliphatic hydroxyl groups excluding tert-OH is 1. The second kappa shape index (κ2) is 3.68. The van der Waals surface area contributed by atoms with E-state index in [2.05, 4.69) is 0 Å². The molecule has 0 aliphatic carbocycles. The Kier molecular flexibility index (Phi) is 2.82. The Bertz CT molecular complexity index is 271. The van der Waals surface area contributed by atoms with E-state index in [1.54, 1.807) is 13.0 Å². The number of aryl methyl sites for hydroxylation is 1. The maximum Gasteiger partial charge on any atom is 0.123 e. The molecule has 12 heavy (non-hydrogen) atoms. The Morgan fingerprint density at radius 1 is 1.50 bits per heavy atom. The zero-order valence-electron chi connectivity index (χ0n) is 7.34. The predicted molar refractivity (Wildman–Crippen MR) is 46.4 cm³/mol. The lowest BCUT2D eigenvalue weighted by Gasteiger charge is -2.10. The standard InChI is InChI=1S/C10H13FO/c1-3-10(12)9-5-4-8(11)6-7(9)2/h4-6,10,12H,3H2,1-2H3/t10-/m0/s1. The maximum atomic E-state index is 12.6. The van der Waals surface area contributed by atoms with Crippen LogP contribution in [0.2, 0.25) is 0 Å². The van der Waals surface area contributed by atoms with E-state index in [1.807, 2.05) is 6.92 Å². The lowest BCUT2D eigenvalue weighted by atomic mass is 10.0. The largest absolute Gasteiger partial charge is 0.388 e. The second-order valence-corrected chi connectivity index (χ2v) is 2.92. The number of rotatable bonds is 2. The smallest absolute Gasteiger partial charge is 0.123 e. The van der Waals surface area contributed by atoms with Gasteiger partial charge >= 0.3 is 0 Å². The first-order valence-corrected chi connectivity index (χ1v) is 4.09. The molecular formula is C10H13FO. The van der Waals surface area contributed by atoms with Gasteiger partial charge in [-0.05, 0) is 36.6 Å². The fourth-order valence-electron chi connectivity index (χ4n) is 1.23. The van der Waals surface area contributed by atoms with E-state index in [4.69, 9.17) is 0 Å². The van der Waals surface area contributed by atoms with E-state index >= 15 is 0 Å². The van der Waals surface area contributed by atoms with E-state index in [0.717, 1.165) is 11.1 Å². The molecule has 0 aliphatic heterocycles. The van der Waals surface area contributed by atoms with Crippen LogP contribution in [0, 0.1) is 12.7 Å². The van der Waals surface area contributed by atoms with Crippen molar-refractivity contribution in [3.8, 4) is 0 Å². The summed E-state index contributed by atoms with van der Waals surface area (Å²) in [5.74, 6) is -0.250. The molecule has 0 saturated heterocycles. The van der Waals surface area contributed by atoms with Gasteiger partial charge in [-0.3, -0.25) is 0 Å². The molecular weight excluding hydrogens is 155 g/mol. The molecule has 66 valence electrons. The molecule has 0 amide bonds. The van der Waals surface area contributed by atoms with E-state index in [0.29, 0.717) is 6.42 Å². The van der Waals surface area contributed by atoms with Gasteiger partial charge in [-0.1, -0.05) is 13.0 Å². The molecule has 0 saturated carbocycles. The molecule has 1 nitrogen and oxygen atoms in total. The molecule has 1 aromatic rings. The first-order valence-electron chi connectivity index (χ1n) is 4.09. The molecule has 1 N–H and O–H groups in total. The average molecular weight is 168 g/mol. The summed E-state index contributed by atoms with van der Waals surface area (Å²) in [4.78, 5) is 0. The van der Waals surface area contributed by atoms with Crippen molar-refractivity contribution in [3.63, 3.8) is 0 Å². The van der Waals surface area contributed by atoms with Gasteiger partial charge in [0.15, 0.2) is 0 Å². The summed E-state index contributed by atoms with van der Waals surface area (Å²) in [5.41, 5.74) is 1.63. The van der Waals surface area contributed by atoms with E-state index in [1.165, 1.54) is 12.1 Å². The van der Waals surface area contributed by atoms with Crippen molar-refractivity contribution >= 4 is 0 Å². The summed E-state index contributed by atoms with van der Waals surface area (Å²) in [6.07, 6.45) is 0.192. The second-order valence-electron chi connectivity index (χ2n) is 2.92. The molecule has 0 fully saturated rings. The van der Waals surface area contributed by atoms with E-state index in [-0.39, 0.29) is 5.82 Å². The zero-order valence-corrected chi connectivity index (χ0v) is 7.34. The number of aliphatic hydroxyl groups is 1. The van der Waals surface area contributed by atoms with Crippen LogP contribution in [-0.4, -0.2) is 5.11 Å². The fourth-order valence-corrected chi connectivity index (χ4v) is 1.23. The highest BCUT2D eigenvalue weighted by Crippen LogP contribution is 2.20. The van der Waals surface area contributed by atoms with Crippen LogP contribution >= 0.6 is 0 Å². The first kappa shape index (κ1) is 9.20. The number of hydrogen-bond donors (Lipinski definition) is 1.